The molecule has 1 N–H and O–H groups in total. The van der Waals surface area contributed by atoms with Crippen LogP contribution in [-0.2, 0) is 14.3 Å². The monoisotopic (exact) mass is 275 g/mol. The zero-order valence-corrected chi connectivity index (χ0v) is 12.4. The maximum absolute atomic E-state index is 11.9. The molecule has 0 aliphatic carbocycles. The van der Waals surface area contributed by atoms with Crippen LogP contribution in [0.5, 0.6) is 0 Å². The van der Waals surface area contributed by atoms with Crippen molar-refractivity contribution in [3.05, 3.63) is 41.5 Å². The molecule has 0 aliphatic rings. The highest BCUT2D eigenvalue weighted by Crippen LogP contribution is 2.16. The van der Waals surface area contributed by atoms with Gasteiger partial charge in [-0.1, -0.05) is 30.7 Å². The van der Waals surface area contributed by atoms with Crippen LogP contribution in [0.15, 0.2) is 30.4 Å². The highest BCUT2D eigenvalue weighted by atomic mass is 16.5. The minimum atomic E-state index is -0.829. The SMILES string of the molecule is CC/C=C/C(=O)O[C@@H](C)C(=O)Nc1ccc(C)cc1C. The third-order valence-corrected chi connectivity index (χ3v) is 2.79. The number of hydrogen-bond donors (Lipinski definition) is 1. The summed E-state index contributed by atoms with van der Waals surface area (Å²) in [5.41, 5.74) is 2.83. The summed E-state index contributed by atoms with van der Waals surface area (Å²) in [6.07, 6.45) is 2.95. The Morgan fingerprint density at radius 2 is 2.05 bits per heavy atom. The van der Waals surface area contributed by atoms with E-state index in [1.807, 2.05) is 39.0 Å². The Hall–Kier alpha value is -2.10. The molecule has 1 rings (SSSR count). The van der Waals surface area contributed by atoms with E-state index in [2.05, 4.69) is 5.32 Å². The Bertz CT molecular complexity index is 520. The van der Waals surface area contributed by atoms with Crippen molar-refractivity contribution in [2.75, 3.05) is 5.32 Å². The topological polar surface area (TPSA) is 55.4 Å². The molecule has 0 radical (unpaired) electrons. The lowest BCUT2D eigenvalue weighted by molar-refractivity contribution is -0.148. The maximum atomic E-state index is 11.9. The third-order valence-electron chi connectivity index (χ3n) is 2.79. The molecule has 108 valence electrons. The molecule has 1 atom stereocenters. The van der Waals surface area contributed by atoms with Crippen molar-refractivity contribution < 1.29 is 14.3 Å². The smallest absolute Gasteiger partial charge is 0.331 e. The van der Waals surface area contributed by atoms with Crippen molar-refractivity contribution >= 4 is 17.6 Å². The van der Waals surface area contributed by atoms with Gasteiger partial charge in [-0.05, 0) is 38.8 Å². The predicted molar refractivity (Wildman–Crippen MR) is 79.5 cm³/mol. The zero-order valence-electron chi connectivity index (χ0n) is 12.4. The molecule has 1 aromatic carbocycles. The molecule has 0 saturated heterocycles. The van der Waals surface area contributed by atoms with Crippen molar-refractivity contribution in [3.8, 4) is 0 Å². The van der Waals surface area contributed by atoms with Crippen LogP contribution in [0.25, 0.3) is 0 Å². The van der Waals surface area contributed by atoms with Gasteiger partial charge in [0.1, 0.15) is 0 Å². The zero-order chi connectivity index (χ0) is 15.1. The molecule has 0 aliphatic heterocycles. The minimum absolute atomic E-state index is 0.338. The van der Waals surface area contributed by atoms with Crippen molar-refractivity contribution in [1.29, 1.82) is 0 Å². The van der Waals surface area contributed by atoms with E-state index in [9.17, 15) is 9.59 Å². The van der Waals surface area contributed by atoms with Crippen LogP contribution in [0, 0.1) is 13.8 Å². The number of nitrogens with one attached hydrogen (secondary N) is 1. The molecule has 1 aromatic rings. The number of allylic oxidation sites excluding steroid dienone is 1. The van der Waals surface area contributed by atoms with Gasteiger partial charge in [0, 0.05) is 11.8 Å². The van der Waals surface area contributed by atoms with Gasteiger partial charge in [-0.15, -0.1) is 0 Å². The number of anilines is 1. The third kappa shape index (κ3) is 4.88. The fraction of sp³-hybridized carbons (Fsp3) is 0.375. The van der Waals surface area contributed by atoms with Crippen molar-refractivity contribution in [2.45, 2.75) is 40.2 Å². The quantitative estimate of drug-likeness (QED) is 0.663. The van der Waals surface area contributed by atoms with Crippen LogP contribution >= 0.6 is 0 Å². The van der Waals surface area contributed by atoms with Gasteiger partial charge < -0.3 is 10.1 Å². The molecular weight excluding hydrogens is 254 g/mol. The lowest BCUT2D eigenvalue weighted by Crippen LogP contribution is -2.29. The summed E-state index contributed by atoms with van der Waals surface area (Å²) in [5.74, 6) is -0.842. The van der Waals surface area contributed by atoms with Crippen LogP contribution in [0.4, 0.5) is 5.69 Å². The van der Waals surface area contributed by atoms with Crippen molar-refractivity contribution in [3.63, 3.8) is 0 Å². The van der Waals surface area contributed by atoms with E-state index >= 15 is 0 Å². The summed E-state index contributed by atoms with van der Waals surface area (Å²) in [5, 5.41) is 2.76. The van der Waals surface area contributed by atoms with Gasteiger partial charge in [-0.25, -0.2) is 4.79 Å². The highest BCUT2D eigenvalue weighted by Gasteiger charge is 2.17. The maximum Gasteiger partial charge on any atom is 0.331 e. The summed E-state index contributed by atoms with van der Waals surface area (Å²) in [6, 6.07) is 5.74. The predicted octanol–water partition coefficient (Wildman–Crippen LogP) is 3.14. The van der Waals surface area contributed by atoms with Gasteiger partial charge in [0.2, 0.25) is 0 Å². The van der Waals surface area contributed by atoms with Gasteiger partial charge in [0.25, 0.3) is 5.91 Å². The first-order chi connectivity index (χ1) is 9.43. The lowest BCUT2D eigenvalue weighted by atomic mass is 10.1. The average Bonchev–Trinajstić information content (AvgIpc) is 2.39. The number of carbonyl (C=O) groups excluding carboxylic acids is 2. The first kappa shape index (κ1) is 16.0. The lowest BCUT2D eigenvalue weighted by Gasteiger charge is -2.14. The summed E-state index contributed by atoms with van der Waals surface area (Å²) in [7, 11) is 0. The molecule has 0 aromatic heterocycles. The summed E-state index contributed by atoms with van der Waals surface area (Å²) >= 11 is 0. The van der Waals surface area contributed by atoms with Crippen LogP contribution in [0.1, 0.15) is 31.4 Å². The van der Waals surface area contributed by atoms with E-state index in [0.717, 1.165) is 23.2 Å². The van der Waals surface area contributed by atoms with Crippen LogP contribution in [-0.4, -0.2) is 18.0 Å². The Morgan fingerprint density at radius 1 is 1.35 bits per heavy atom. The molecule has 4 heteroatoms. The minimum Gasteiger partial charge on any atom is -0.449 e. The van der Waals surface area contributed by atoms with Crippen LogP contribution in [0.2, 0.25) is 0 Å². The molecule has 20 heavy (non-hydrogen) atoms. The number of ether oxygens (including phenoxy) is 1. The first-order valence-corrected chi connectivity index (χ1v) is 6.69. The van der Waals surface area contributed by atoms with Gasteiger partial charge in [0.15, 0.2) is 6.10 Å². The summed E-state index contributed by atoms with van der Waals surface area (Å²) in [4.78, 5) is 23.3. The Kier molecular flexibility index (Phi) is 5.97. The van der Waals surface area contributed by atoms with Crippen LogP contribution in [0.3, 0.4) is 0 Å². The standard InChI is InChI=1S/C16H21NO3/c1-5-6-7-15(18)20-13(4)16(19)17-14-9-8-11(2)10-12(14)3/h6-10,13H,5H2,1-4H3,(H,17,19)/b7-6+/t13-/m0/s1. The first-order valence-electron chi connectivity index (χ1n) is 6.69. The van der Waals surface area contributed by atoms with Gasteiger partial charge >= 0.3 is 5.97 Å². The summed E-state index contributed by atoms with van der Waals surface area (Å²) < 4.78 is 5.01. The van der Waals surface area contributed by atoms with Crippen LogP contribution < -0.4 is 5.32 Å². The molecular formula is C16H21NO3. The Labute approximate surface area is 119 Å². The second-order valence-electron chi connectivity index (χ2n) is 4.70. The normalized spacial score (nSPS) is 12.2. The van der Waals surface area contributed by atoms with Gasteiger partial charge in [0.05, 0.1) is 0 Å². The highest BCUT2D eigenvalue weighted by molar-refractivity contribution is 5.96. The van der Waals surface area contributed by atoms with E-state index in [1.54, 1.807) is 13.0 Å². The van der Waals surface area contributed by atoms with E-state index in [0.29, 0.717) is 0 Å². The molecule has 0 saturated carbocycles. The largest absolute Gasteiger partial charge is 0.449 e. The molecule has 0 fully saturated rings. The number of amides is 1. The van der Waals surface area contributed by atoms with Crippen molar-refractivity contribution in [1.82, 2.24) is 0 Å². The second-order valence-corrected chi connectivity index (χ2v) is 4.70. The Balaban J connectivity index is 2.61. The number of rotatable bonds is 5. The number of aryl methyl sites for hydroxylation is 2. The fourth-order valence-electron chi connectivity index (χ4n) is 1.67. The van der Waals surface area contributed by atoms with Crippen molar-refractivity contribution in [2.24, 2.45) is 0 Å². The number of benzene rings is 1. The van der Waals surface area contributed by atoms with E-state index < -0.39 is 12.1 Å². The van der Waals surface area contributed by atoms with E-state index in [1.165, 1.54) is 6.08 Å². The second kappa shape index (κ2) is 7.48. The molecule has 0 heterocycles. The fourth-order valence-corrected chi connectivity index (χ4v) is 1.67. The number of carbonyl (C=O) groups is 2. The van der Waals surface area contributed by atoms with E-state index in [-0.39, 0.29) is 5.91 Å². The molecule has 0 unspecified atom stereocenters. The van der Waals surface area contributed by atoms with Gasteiger partial charge in [-0.2, -0.15) is 0 Å². The molecule has 1 amide bonds. The van der Waals surface area contributed by atoms with Gasteiger partial charge in [-0.3, -0.25) is 4.79 Å². The molecule has 0 spiro atoms. The molecule has 4 nitrogen and oxygen atoms in total. The summed E-state index contributed by atoms with van der Waals surface area (Å²) in [6.45, 7) is 7.38. The number of hydrogen-bond acceptors (Lipinski definition) is 3. The molecule has 0 bridgehead atoms. The van der Waals surface area contributed by atoms with E-state index in [4.69, 9.17) is 4.74 Å². The Morgan fingerprint density at radius 3 is 2.65 bits per heavy atom. The number of esters is 1. The average molecular weight is 275 g/mol.